The van der Waals surface area contributed by atoms with Gasteiger partial charge in [-0.2, -0.15) is 0 Å². The molecular weight excluding hydrogens is 230 g/mol. The molecule has 0 radical (unpaired) electrons. The van der Waals surface area contributed by atoms with Crippen LogP contribution in [-0.2, 0) is 17.8 Å². The van der Waals surface area contributed by atoms with Crippen LogP contribution in [0.2, 0.25) is 0 Å². The van der Waals surface area contributed by atoms with E-state index in [2.05, 4.69) is 0 Å². The molecule has 0 heterocycles. The summed E-state index contributed by atoms with van der Waals surface area (Å²) in [5, 5.41) is 0. The summed E-state index contributed by atoms with van der Waals surface area (Å²) in [4.78, 5) is 0. The Morgan fingerprint density at radius 1 is 1.17 bits per heavy atom. The molecule has 0 spiro atoms. The van der Waals surface area contributed by atoms with Gasteiger partial charge in [0.1, 0.15) is 11.5 Å². The van der Waals surface area contributed by atoms with Crippen molar-refractivity contribution in [3.8, 4) is 11.5 Å². The third-order valence-electron chi connectivity index (χ3n) is 3.45. The monoisotopic (exact) mass is 251 g/mol. The molecule has 4 nitrogen and oxygen atoms in total. The van der Waals surface area contributed by atoms with E-state index in [1.165, 1.54) is 0 Å². The molecular formula is C14H21NO3. The van der Waals surface area contributed by atoms with Crippen molar-refractivity contribution in [2.75, 3.05) is 21.3 Å². The Morgan fingerprint density at radius 2 is 1.89 bits per heavy atom. The predicted molar refractivity (Wildman–Crippen MR) is 70.1 cm³/mol. The molecule has 1 fully saturated rings. The Kier molecular flexibility index (Phi) is 3.78. The summed E-state index contributed by atoms with van der Waals surface area (Å²) in [5.74, 6) is 1.61. The van der Waals surface area contributed by atoms with E-state index in [9.17, 15) is 0 Å². The fourth-order valence-corrected chi connectivity index (χ4v) is 2.15. The third-order valence-corrected chi connectivity index (χ3v) is 3.45. The number of nitrogens with two attached hydrogens (primary N) is 1. The van der Waals surface area contributed by atoms with Crippen molar-refractivity contribution in [3.63, 3.8) is 0 Å². The number of hydrogen-bond donors (Lipinski definition) is 1. The first-order valence-corrected chi connectivity index (χ1v) is 6.13. The van der Waals surface area contributed by atoms with Gasteiger partial charge in [0.05, 0.1) is 20.8 Å². The van der Waals surface area contributed by atoms with E-state index in [1.54, 1.807) is 21.3 Å². The summed E-state index contributed by atoms with van der Waals surface area (Å²) in [7, 11) is 5.01. The second-order valence-electron chi connectivity index (χ2n) is 4.94. The quantitative estimate of drug-likeness (QED) is 0.838. The topological polar surface area (TPSA) is 53.7 Å². The summed E-state index contributed by atoms with van der Waals surface area (Å²) < 4.78 is 16.0. The molecule has 1 aliphatic carbocycles. The Hall–Kier alpha value is -1.26. The first kappa shape index (κ1) is 13.2. The predicted octanol–water partition coefficient (Wildman–Crippen LogP) is 1.88. The molecule has 1 aromatic rings. The lowest BCUT2D eigenvalue weighted by Gasteiger charge is -2.18. The molecule has 18 heavy (non-hydrogen) atoms. The van der Waals surface area contributed by atoms with Crippen molar-refractivity contribution in [1.29, 1.82) is 0 Å². The van der Waals surface area contributed by atoms with Gasteiger partial charge in [0.25, 0.3) is 0 Å². The van der Waals surface area contributed by atoms with Gasteiger partial charge < -0.3 is 19.9 Å². The molecule has 0 aromatic heterocycles. The zero-order chi connectivity index (χ0) is 13.2. The summed E-state index contributed by atoms with van der Waals surface area (Å²) >= 11 is 0. The number of hydrogen-bond acceptors (Lipinski definition) is 4. The van der Waals surface area contributed by atoms with Crippen LogP contribution in [0.15, 0.2) is 12.1 Å². The average molecular weight is 251 g/mol. The largest absolute Gasteiger partial charge is 0.497 e. The highest BCUT2D eigenvalue weighted by Crippen LogP contribution is 2.40. The Morgan fingerprint density at radius 3 is 2.39 bits per heavy atom. The normalized spacial score (nSPS) is 16.4. The highest BCUT2D eigenvalue weighted by atomic mass is 16.5. The van der Waals surface area contributed by atoms with Crippen LogP contribution >= 0.6 is 0 Å². The molecule has 0 unspecified atom stereocenters. The van der Waals surface area contributed by atoms with E-state index in [0.717, 1.165) is 41.9 Å². The molecule has 0 aliphatic heterocycles. The van der Waals surface area contributed by atoms with Gasteiger partial charge in [-0.25, -0.2) is 0 Å². The molecule has 2 N–H and O–H groups in total. The van der Waals surface area contributed by atoms with E-state index >= 15 is 0 Å². The van der Waals surface area contributed by atoms with Crippen molar-refractivity contribution < 1.29 is 14.2 Å². The summed E-state index contributed by atoms with van der Waals surface area (Å²) in [6.07, 6.45) is 2.99. The molecule has 1 aromatic carbocycles. The number of ether oxygens (including phenoxy) is 3. The maximum atomic E-state index is 6.21. The lowest BCUT2D eigenvalue weighted by atomic mass is 9.98. The van der Waals surface area contributed by atoms with Crippen LogP contribution in [0.3, 0.4) is 0 Å². The third kappa shape index (κ3) is 2.76. The lowest BCUT2D eigenvalue weighted by Crippen LogP contribution is -2.25. The Balaban J connectivity index is 2.38. The summed E-state index contributed by atoms with van der Waals surface area (Å²) in [6.45, 7) is 0.541. The average Bonchev–Trinajstić information content (AvgIpc) is 3.09. The van der Waals surface area contributed by atoms with Gasteiger partial charge in [-0.05, 0) is 30.9 Å². The molecule has 0 amide bonds. The molecule has 1 aliphatic rings. The minimum Gasteiger partial charge on any atom is -0.497 e. The summed E-state index contributed by atoms with van der Waals surface area (Å²) in [5.41, 5.74) is 8.39. The first-order chi connectivity index (χ1) is 8.61. The van der Waals surface area contributed by atoms with Crippen molar-refractivity contribution in [2.24, 2.45) is 5.73 Å². The second kappa shape index (κ2) is 5.16. The minimum atomic E-state index is -0.0512. The van der Waals surface area contributed by atoms with E-state index in [4.69, 9.17) is 19.9 Å². The standard InChI is InChI=1S/C14H21NO3/c1-16-9-10-6-11(17-2)7-13(18-3)12(10)8-14(15)4-5-14/h6-7H,4-5,8-9,15H2,1-3H3. The molecule has 2 rings (SSSR count). The van der Waals surface area contributed by atoms with E-state index in [0.29, 0.717) is 6.61 Å². The SMILES string of the molecule is COCc1cc(OC)cc(OC)c1CC1(N)CC1. The van der Waals surface area contributed by atoms with Crippen LogP contribution < -0.4 is 15.2 Å². The maximum absolute atomic E-state index is 6.21. The minimum absolute atomic E-state index is 0.0512. The van der Waals surface area contributed by atoms with Gasteiger partial charge in [0.15, 0.2) is 0 Å². The van der Waals surface area contributed by atoms with Crippen LogP contribution in [0, 0.1) is 0 Å². The summed E-state index contributed by atoms with van der Waals surface area (Å²) in [6, 6.07) is 3.90. The number of benzene rings is 1. The van der Waals surface area contributed by atoms with Gasteiger partial charge in [-0.3, -0.25) is 0 Å². The fourth-order valence-electron chi connectivity index (χ4n) is 2.15. The van der Waals surface area contributed by atoms with Crippen molar-refractivity contribution in [2.45, 2.75) is 31.4 Å². The van der Waals surface area contributed by atoms with Crippen molar-refractivity contribution >= 4 is 0 Å². The maximum Gasteiger partial charge on any atom is 0.126 e. The van der Waals surface area contributed by atoms with Crippen molar-refractivity contribution in [1.82, 2.24) is 0 Å². The molecule has 0 atom stereocenters. The van der Waals surface area contributed by atoms with Crippen LogP contribution in [0.5, 0.6) is 11.5 Å². The van der Waals surface area contributed by atoms with E-state index in [1.807, 2.05) is 12.1 Å². The molecule has 0 bridgehead atoms. The Labute approximate surface area is 108 Å². The van der Waals surface area contributed by atoms with Crippen LogP contribution in [0.1, 0.15) is 24.0 Å². The van der Waals surface area contributed by atoms with Crippen LogP contribution in [-0.4, -0.2) is 26.9 Å². The highest BCUT2D eigenvalue weighted by molar-refractivity contribution is 5.48. The van der Waals surface area contributed by atoms with E-state index < -0.39 is 0 Å². The van der Waals surface area contributed by atoms with Gasteiger partial charge in [0.2, 0.25) is 0 Å². The van der Waals surface area contributed by atoms with Gasteiger partial charge >= 0.3 is 0 Å². The van der Waals surface area contributed by atoms with Gasteiger partial charge in [-0.15, -0.1) is 0 Å². The molecule has 1 saturated carbocycles. The van der Waals surface area contributed by atoms with E-state index in [-0.39, 0.29) is 5.54 Å². The molecule has 100 valence electrons. The second-order valence-corrected chi connectivity index (χ2v) is 4.94. The smallest absolute Gasteiger partial charge is 0.126 e. The fraction of sp³-hybridized carbons (Fsp3) is 0.571. The first-order valence-electron chi connectivity index (χ1n) is 6.13. The number of methoxy groups -OCH3 is 3. The zero-order valence-corrected chi connectivity index (χ0v) is 11.3. The highest BCUT2D eigenvalue weighted by Gasteiger charge is 2.39. The van der Waals surface area contributed by atoms with Gasteiger partial charge in [0, 0.05) is 24.3 Å². The zero-order valence-electron chi connectivity index (χ0n) is 11.3. The Bertz CT molecular complexity index is 427. The van der Waals surface area contributed by atoms with Crippen molar-refractivity contribution in [3.05, 3.63) is 23.3 Å². The van der Waals surface area contributed by atoms with Gasteiger partial charge in [-0.1, -0.05) is 0 Å². The lowest BCUT2D eigenvalue weighted by molar-refractivity contribution is 0.183. The molecule has 0 saturated heterocycles. The van der Waals surface area contributed by atoms with Crippen LogP contribution in [0.25, 0.3) is 0 Å². The number of rotatable bonds is 6. The molecule has 4 heteroatoms. The van der Waals surface area contributed by atoms with Crippen LogP contribution in [0.4, 0.5) is 0 Å².